The Morgan fingerprint density at radius 1 is 1.18 bits per heavy atom. The average Bonchev–Trinajstić information content (AvgIpc) is 3.32. The minimum atomic E-state index is -0.519. The predicted octanol–water partition coefficient (Wildman–Crippen LogP) is 1.54. The number of carbonyl (C=O) groups is 1. The molecule has 1 aromatic heterocycles. The minimum Gasteiger partial charge on any atom is -0.351 e. The van der Waals surface area contributed by atoms with Crippen molar-refractivity contribution in [1.82, 2.24) is 9.88 Å². The Morgan fingerprint density at radius 3 is 2.54 bits per heavy atom. The number of anilines is 1. The maximum absolute atomic E-state index is 13.1. The van der Waals surface area contributed by atoms with Crippen LogP contribution >= 0.6 is 0 Å². The minimum absolute atomic E-state index is 0.0223. The van der Waals surface area contributed by atoms with Crippen molar-refractivity contribution in [2.45, 2.75) is 68.7 Å². The zero-order valence-corrected chi connectivity index (χ0v) is 15.7. The van der Waals surface area contributed by atoms with Crippen LogP contribution in [0.2, 0.25) is 0 Å². The number of hydrogen-bond acceptors (Lipinski definition) is 6. The van der Waals surface area contributed by atoms with Gasteiger partial charge in [-0.15, -0.1) is 0 Å². The van der Waals surface area contributed by atoms with E-state index in [1.807, 2.05) is 12.1 Å². The molecule has 1 saturated carbocycles. The lowest BCUT2D eigenvalue weighted by atomic mass is 9.84. The van der Waals surface area contributed by atoms with Gasteiger partial charge in [-0.2, -0.15) is 10.5 Å². The first-order chi connectivity index (χ1) is 13.6. The van der Waals surface area contributed by atoms with Crippen molar-refractivity contribution in [3.8, 4) is 12.1 Å². The second-order valence-electron chi connectivity index (χ2n) is 8.76. The number of nitrogens with zero attached hydrogens (tertiary/aromatic N) is 5. The molecule has 2 bridgehead atoms. The molecule has 6 atom stereocenters. The zero-order valence-electron chi connectivity index (χ0n) is 15.7. The van der Waals surface area contributed by atoms with Crippen molar-refractivity contribution in [3.05, 3.63) is 23.9 Å². The van der Waals surface area contributed by atoms with Crippen LogP contribution in [0.15, 0.2) is 18.3 Å². The SMILES string of the molecule is N#Cc1ccc(N2[C@H]3CC[C@H]2CC([C@H](N)C(=O)N2[C@H](C#N)C[C@@H]4C[C@@H]42)C3)nc1. The fourth-order valence-electron chi connectivity index (χ4n) is 5.75. The summed E-state index contributed by atoms with van der Waals surface area (Å²) in [6.45, 7) is 0. The molecule has 0 radical (unpaired) electrons. The topological polar surface area (TPSA) is 110 Å². The van der Waals surface area contributed by atoms with Crippen molar-refractivity contribution in [1.29, 1.82) is 10.5 Å². The molecule has 3 aliphatic heterocycles. The van der Waals surface area contributed by atoms with E-state index in [-0.39, 0.29) is 23.9 Å². The van der Waals surface area contributed by atoms with Crippen molar-refractivity contribution < 1.29 is 4.79 Å². The van der Waals surface area contributed by atoms with Gasteiger partial charge < -0.3 is 15.5 Å². The summed E-state index contributed by atoms with van der Waals surface area (Å²) in [7, 11) is 0. The second kappa shape index (κ2) is 6.46. The van der Waals surface area contributed by atoms with E-state index in [0.717, 1.165) is 44.3 Å². The first kappa shape index (κ1) is 17.5. The Bertz CT molecular complexity index is 856. The summed E-state index contributed by atoms with van der Waals surface area (Å²) in [5, 5.41) is 18.4. The zero-order chi connectivity index (χ0) is 19.4. The first-order valence-corrected chi connectivity index (χ1v) is 10.2. The van der Waals surface area contributed by atoms with Crippen LogP contribution in [-0.2, 0) is 4.79 Å². The molecular weight excluding hydrogens is 352 g/mol. The van der Waals surface area contributed by atoms with Crippen LogP contribution in [0.25, 0.3) is 0 Å². The third-order valence-corrected chi connectivity index (χ3v) is 7.21. The molecule has 4 aliphatic rings. The molecule has 1 aromatic rings. The summed E-state index contributed by atoms with van der Waals surface area (Å²) in [5.41, 5.74) is 7.04. The quantitative estimate of drug-likeness (QED) is 0.857. The molecular formula is C21H24N6O. The fourth-order valence-corrected chi connectivity index (χ4v) is 5.75. The Hall–Kier alpha value is -2.64. The first-order valence-electron chi connectivity index (χ1n) is 10.2. The Kier molecular flexibility index (Phi) is 4.03. The fraction of sp³-hybridized carbons (Fsp3) is 0.619. The molecule has 4 heterocycles. The molecule has 3 saturated heterocycles. The Morgan fingerprint density at radius 2 is 1.93 bits per heavy atom. The molecule has 1 aliphatic carbocycles. The van der Waals surface area contributed by atoms with Gasteiger partial charge in [0, 0.05) is 24.3 Å². The molecule has 0 aromatic carbocycles. The van der Waals surface area contributed by atoms with E-state index in [4.69, 9.17) is 11.0 Å². The van der Waals surface area contributed by atoms with Gasteiger partial charge in [0.05, 0.1) is 17.7 Å². The Labute approximate surface area is 164 Å². The predicted molar refractivity (Wildman–Crippen MR) is 102 cm³/mol. The Balaban J connectivity index is 1.30. The van der Waals surface area contributed by atoms with E-state index < -0.39 is 6.04 Å². The molecule has 5 rings (SSSR count). The van der Waals surface area contributed by atoms with Gasteiger partial charge >= 0.3 is 0 Å². The summed E-state index contributed by atoms with van der Waals surface area (Å²) < 4.78 is 0. The molecule has 0 unspecified atom stereocenters. The van der Waals surface area contributed by atoms with E-state index >= 15 is 0 Å². The summed E-state index contributed by atoms with van der Waals surface area (Å²) in [6.07, 6.45) is 7.39. The van der Waals surface area contributed by atoms with Crippen LogP contribution in [0, 0.1) is 34.5 Å². The molecule has 2 N–H and O–H groups in total. The van der Waals surface area contributed by atoms with Gasteiger partial charge in [-0.25, -0.2) is 4.98 Å². The molecule has 28 heavy (non-hydrogen) atoms. The third-order valence-electron chi connectivity index (χ3n) is 7.21. The summed E-state index contributed by atoms with van der Waals surface area (Å²) in [6, 6.07) is 8.25. The van der Waals surface area contributed by atoms with E-state index in [9.17, 15) is 10.1 Å². The highest BCUT2D eigenvalue weighted by Crippen LogP contribution is 2.48. The van der Waals surface area contributed by atoms with Gasteiger partial charge in [-0.3, -0.25) is 4.79 Å². The van der Waals surface area contributed by atoms with Crippen molar-refractivity contribution in [2.24, 2.45) is 17.6 Å². The largest absolute Gasteiger partial charge is 0.351 e. The number of rotatable bonds is 3. The van der Waals surface area contributed by atoms with E-state index in [0.29, 0.717) is 23.6 Å². The van der Waals surface area contributed by atoms with Crippen LogP contribution < -0.4 is 10.6 Å². The van der Waals surface area contributed by atoms with E-state index in [2.05, 4.69) is 22.0 Å². The van der Waals surface area contributed by atoms with Crippen LogP contribution in [0.4, 0.5) is 5.82 Å². The van der Waals surface area contributed by atoms with Gasteiger partial charge in [-0.05, 0) is 62.5 Å². The third kappa shape index (κ3) is 2.65. The number of amides is 1. The van der Waals surface area contributed by atoms with E-state index in [1.165, 1.54) is 0 Å². The van der Waals surface area contributed by atoms with Crippen molar-refractivity contribution in [2.75, 3.05) is 4.90 Å². The van der Waals surface area contributed by atoms with Gasteiger partial charge in [-0.1, -0.05) is 0 Å². The second-order valence-corrected chi connectivity index (χ2v) is 8.76. The lowest BCUT2D eigenvalue weighted by Crippen LogP contribution is -2.54. The van der Waals surface area contributed by atoms with Crippen LogP contribution in [0.5, 0.6) is 0 Å². The number of nitrogens with two attached hydrogens (primary N) is 1. The van der Waals surface area contributed by atoms with Gasteiger partial charge in [0.25, 0.3) is 0 Å². The van der Waals surface area contributed by atoms with E-state index in [1.54, 1.807) is 11.1 Å². The average molecular weight is 376 g/mol. The maximum Gasteiger partial charge on any atom is 0.241 e. The number of hydrogen-bond donors (Lipinski definition) is 1. The molecule has 4 fully saturated rings. The monoisotopic (exact) mass is 376 g/mol. The number of fused-ring (bicyclic) bond motifs is 3. The number of piperidine rings is 2. The molecule has 7 heteroatoms. The number of nitriles is 2. The molecule has 7 nitrogen and oxygen atoms in total. The lowest BCUT2D eigenvalue weighted by Gasteiger charge is -2.42. The van der Waals surface area contributed by atoms with Gasteiger partial charge in [0.15, 0.2) is 0 Å². The standard InChI is InChI=1S/C21H24N6O/c22-9-12-1-4-19(25-11-12)26-15-2-3-16(26)7-14(6-15)20(24)21(28)27-17(10-23)5-13-8-18(13)27/h1,4,11,13-18,20H,2-3,5-8,24H2/t13-,15+,16+,17+,18+,20+/m1/s1. The normalized spacial score (nSPS) is 36.4. The van der Waals surface area contributed by atoms with Gasteiger partial charge in [0.1, 0.15) is 17.9 Å². The molecule has 144 valence electrons. The smallest absolute Gasteiger partial charge is 0.241 e. The highest BCUT2D eigenvalue weighted by molar-refractivity contribution is 5.84. The summed E-state index contributed by atoms with van der Waals surface area (Å²) in [5.74, 6) is 1.55. The van der Waals surface area contributed by atoms with Crippen LogP contribution in [0.3, 0.4) is 0 Å². The van der Waals surface area contributed by atoms with Gasteiger partial charge in [0.2, 0.25) is 5.91 Å². The number of pyridine rings is 1. The summed E-state index contributed by atoms with van der Waals surface area (Å²) >= 11 is 0. The number of aromatic nitrogens is 1. The number of carbonyl (C=O) groups excluding carboxylic acids is 1. The van der Waals surface area contributed by atoms with Crippen LogP contribution in [0.1, 0.15) is 44.1 Å². The van der Waals surface area contributed by atoms with Crippen molar-refractivity contribution in [3.63, 3.8) is 0 Å². The molecule has 0 spiro atoms. The lowest BCUT2D eigenvalue weighted by molar-refractivity contribution is -0.135. The molecule has 1 amide bonds. The van der Waals surface area contributed by atoms with Crippen molar-refractivity contribution >= 4 is 11.7 Å². The highest BCUT2D eigenvalue weighted by Gasteiger charge is 2.55. The van der Waals surface area contributed by atoms with Crippen LogP contribution in [-0.4, -0.2) is 46.0 Å². The maximum atomic E-state index is 13.1. The summed E-state index contributed by atoms with van der Waals surface area (Å²) in [4.78, 5) is 21.7. The number of likely N-dealkylation sites (tertiary alicyclic amines) is 1. The highest BCUT2D eigenvalue weighted by atomic mass is 16.2.